The van der Waals surface area contributed by atoms with E-state index in [1.165, 1.54) is 4.88 Å². The van der Waals surface area contributed by atoms with E-state index in [-0.39, 0.29) is 0 Å². The van der Waals surface area contributed by atoms with Crippen molar-refractivity contribution in [2.75, 3.05) is 0 Å². The highest BCUT2D eigenvalue weighted by Gasteiger charge is 2.17. The van der Waals surface area contributed by atoms with Gasteiger partial charge >= 0.3 is 0 Å². The van der Waals surface area contributed by atoms with Crippen molar-refractivity contribution in [3.8, 4) is 11.4 Å². The van der Waals surface area contributed by atoms with Gasteiger partial charge < -0.3 is 10.3 Å². The largest absolute Gasteiger partial charge is 0.359 e. The first-order valence-electron chi connectivity index (χ1n) is 12.2. The monoisotopic (exact) mass is 507 g/mol. The molecule has 4 heterocycles. The third-order valence-electron chi connectivity index (χ3n) is 6.23. The summed E-state index contributed by atoms with van der Waals surface area (Å²) in [5.41, 5.74) is 9.72. The van der Waals surface area contributed by atoms with Crippen LogP contribution in [-0.2, 0) is 0 Å². The summed E-state index contributed by atoms with van der Waals surface area (Å²) in [7, 11) is 0. The Morgan fingerprint density at radius 1 is 1.22 bits per heavy atom. The normalized spacial score (nSPS) is 12.8. The van der Waals surface area contributed by atoms with Gasteiger partial charge in [-0.05, 0) is 61.1 Å². The summed E-state index contributed by atoms with van der Waals surface area (Å²) in [5, 5.41) is 14.1. The molecule has 0 radical (unpaired) electrons. The first kappa shape index (κ1) is 25.9. The third-order valence-corrected chi connectivity index (χ3v) is 7.14. The molecule has 0 aliphatic rings. The van der Waals surface area contributed by atoms with Crippen LogP contribution in [0, 0.1) is 12.8 Å². The molecule has 0 aliphatic heterocycles. The van der Waals surface area contributed by atoms with E-state index in [9.17, 15) is 0 Å². The van der Waals surface area contributed by atoms with Crippen LogP contribution in [0.3, 0.4) is 0 Å². The maximum absolute atomic E-state index is 4.64. The molecule has 4 aromatic heterocycles. The Bertz CT molecular complexity index is 1540. The zero-order chi connectivity index (χ0) is 26.5. The standard InChI is InChI=1S/C31H33N5S/c1-8-12-25(29-13-11-14-37-29)26-17-28(34-21(26)7)30-27-16-23(18-32-31(27)36-35-30)22(9-2)15-24(10-3)33-20(6)19(4)5/h8-19,33-34H,1,3,6H2,2,4-5,7H3,(H,32,35,36)/b22-9+,24-15+,25-12+. The number of thiophene rings is 1. The molecule has 4 rings (SSSR count). The smallest absolute Gasteiger partial charge is 0.181 e. The second-order valence-electron chi connectivity index (χ2n) is 9.06. The molecule has 0 bridgehead atoms. The van der Waals surface area contributed by atoms with Gasteiger partial charge in [0.1, 0.15) is 0 Å². The molecular formula is C31H33N5S. The summed E-state index contributed by atoms with van der Waals surface area (Å²) in [6.07, 6.45) is 11.7. The minimum Gasteiger partial charge on any atom is -0.359 e. The van der Waals surface area contributed by atoms with Crippen LogP contribution in [0.4, 0.5) is 0 Å². The van der Waals surface area contributed by atoms with Crippen LogP contribution in [0.5, 0.6) is 0 Å². The summed E-state index contributed by atoms with van der Waals surface area (Å²) in [5.74, 6) is 0.319. The number of pyridine rings is 1. The van der Waals surface area contributed by atoms with E-state index < -0.39 is 0 Å². The molecule has 0 saturated heterocycles. The van der Waals surface area contributed by atoms with Gasteiger partial charge in [0.25, 0.3) is 0 Å². The van der Waals surface area contributed by atoms with E-state index in [2.05, 4.69) is 114 Å². The minimum absolute atomic E-state index is 0.319. The number of hydrogen-bond acceptors (Lipinski definition) is 4. The highest BCUT2D eigenvalue weighted by molar-refractivity contribution is 7.11. The maximum atomic E-state index is 4.64. The second-order valence-corrected chi connectivity index (χ2v) is 10.0. The Morgan fingerprint density at radius 3 is 2.68 bits per heavy atom. The molecule has 5 nitrogen and oxygen atoms in total. The highest BCUT2D eigenvalue weighted by atomic mass is 32.1. The number of hydrogen-bond donors (Lipinski definition) is 3. The number of nitrogens with one attached hydrogen (secondary N) is 3. The summed E-state index contributed by atoms with van der Waals surface area (Å²) in [6, 6.07) is 8.48. The topological polar surface area (TPSA) is 69.4 Å². The fourth-order valence-corrected chi connectivity index (χ4v) is 4.83. The van der Waals surface area contributed by atoms with Crippen LogP contribution in [0.15, 0.2) is 97.4 Å². The Hall–Kier alpha value is -4.16. The SMILES string of the molecule is C=C/C=C(/c1cccs1)c1cc(-c2[nH]nc3ncc(C(/C=C(\C=C)NC(=C)C(C)C)=C/C)cc23)[nH]c1C. The Kier molecular flexibility index (Phi) is 7.89. The Labute approximate surface area is 222 Å². The van der Waals surface area contributed by atoms with E-state index >= 15 is 0 Å². The number of aromatic amines is 2. The van der Waals surface area contributed by atoms with Gasteiger partial charge in [0.05, 0.1) is 11.4 Å². The van der Waals surface area contributed by atoms with Gasteiger partial charge in [-0.3, -0.25) is 5.10 Å². The average Bonchev–Trinajstić information content (AvgIpc) is 3.64. The van der Waals surface area contributed by atoms with Crippen LogP contribution >= 0.6 is 11.3 Å². The molecule has 0 atom stereocenters. The number of aryl methyl sites for hydroxylation is 1. The van der Waals surface area contributed by atoms with Crippen molar-refractivity contribution >= 4 is 33.5 Å². The van der Waals surface area contributed by atoms with Crippen LogP contribution in [0.25, 0.3) is 33.6 Å². The number of H-pyrrole nitrogens is 2. The van der Waals surface area contributed by atoms with Gasteiger partial charge in [-0.2, -0.15) is 5.10 Å². The van der Waals surface area contributed by atoms with Crippen LogP contribution in [0.1, 0.15) is 42.5 Å². The van der Waals surface area contributed by atoms with Gasteiger partial charge in [0, 0.05) is 50.2 Å². The van der Waals surface area contributed by atoms with Crippen molar-refractivity contribution in [2.24, 2.45) is 5.92 Å². The van der Waals surface area contributed by atoms with E-state index in [1.807, 2.05) is 19.2 Å². The second kappa shape index (κ2) is 11.3. The molecule has 0 saturated carbocycles. The molecular weight excluding hydrogens is 474 g/mol. The van der Waals surface area contributed by atoms with E-state index in [4.69, 9.17) is 0 Å². The van der Waals surface area contributed by atoms with Crippen LogP contribution < -0.4 is 5.32 Å². The molecule has 188 valence electrons. The van der Waals surface area contributed by atoms with Crippen molar-refractivity contribution in [3.05, 3.63) is 119 Å². The molecule has 3 N–H and O–H groups in total. The van der Waals surface area contributed by atoms with Gasteiger partial charge in [-0.15, -0.1) is 11.3 Å². The Balaban J connectivity index is 1.74. The molecule has 37 heavy (non-hydrogen) atoms. The lowest BCUT2D eigenvalue weighted by Crippen LogP contribution is -2.14. The van der Waals surface area contributed by atoms with E-state index in [0.29, 0.717) is 11.6 Å². The zero-order valence-electron chi connectivity index (χ0n) is 21.9. The van der Waals surface area contributed by atoms with Crippen molar-refractivity contribution in [1.82, 2.24) is 25.5 Å². The first-order chi connectivity index (χ1) is 17.9. The fraction of sp³-hybridized carbons (Fsp3) is 0.161. The quantitative estimate of drug-likeness (QED) is 0.190. The first-order valence-corrected chi connectivity index (χ1v) is 13.1. The summed E-state index contributed by atoms with van der Waals surface area (Å²) in [6.45, 7) is 20.3. The van der Waals surface area contributed by atoms with Gasteiger partial charge in [-0.1, -0.05) is 57.9 Å². The van der Waals surface area contributed by atoms with Crippen LogP contribution in [0.2, 0.25) is 0 Å². The number of rotatable bonds is 10. The third kappa shape index (κ3) is 5.49. The van der Waals surface area contributed by atoms with Crippen molar-refractivity contribution in [2.45, 2.75) is 27.7 Å². The van der Waals surface area contributed by atoms with Crippen molar-refractivity contribution in [1.29, 1.82) is 0 Å². The molecule has 6 heteroatoms. The fourth-order valence-electron chi connectivity index (χ4n) is 4.07. The number of nitrogens with zero attached hydrogens (tertiary/aromatic N) is 2. The number of aromatic nitrogens is 4. The average molecular weight is 508 g/mol. The lowest BCUT2D eigenvalue weighted by Gasteiger charge is -2.14. The van der Waals surface area contributed by atoms with Crippen molar-refractivity contribution in [3.63, 3.8) is 0 Å². The van der Waals surface area contributed by atoms with Crippen molar-refractivity contribution < 1.29 is 0 Å². The number of allylic oxidation sites excluding steroid dienone is 7. The summed E-state index contributed by atoms with van der Waals surface area (Å²) < 4.78 is 0. The summed E-state index contributed by atoms with van der Waals surface area (Å²) in [4.78, 5) is 9.38. The Morgan fingerprint density at radius 2 is 2.03 bits per heavy atom. The van der Waals surface area contributed by atoms with E-state index in [1.54, 1.807) is 17.4 Å². The van der Waals surface area contributed by atoms with Gasteiger partial charge in [-0.25, -0.2) is 4.98 Å². The molecule has 0 spiro atoms. The molecule has 0 amide bonds. The molecule has 0 fully saturated rings. The molecule has 0 aromatic carbocycles. The number of fused-ring (bicyclic) bond motifs is 1. The van der Waals surface area contributed by atoms with Gasteiger partial charge in [0.2, 0.25) is 0 Å². The molecule has 4 aromatic rings. The predicted octanol–water partition coefficient (Wildman–Crippen LogP) is 8.17. The highest BCUT2D eigenvalue weighted by Crippen LogP contribution is 2.34. The lowest BCUT2D eigenvalue weighted by molar-refractivity contribution is 0.710. The predicted molar refractivity (Wildman–Crippen MR) is 159 cm³/mol. The van der Waals surface area contributed by atoms with E-state index in [0.717, 1.165) is 56.1 Å². The van der Waals surface area contributed by atoms with Gasteiger partial charge in [0.15, 0.2) is 5.65 Å². The molecule has 0 unspecified atom stereocenters. The maximum Gasteiger partial charge on any atom is 0.181 e. The molecule has 0 aliphatic carbocycles. The van der Waals surface area contributed by atoms with Crippen LogP contribution in [-0.4, -0.2) is 20.2 Å². The summed E-state index contributed by atoms with van der Waals surface area (Å²) >= 11 is 1.71. The minimum atomic E-state index is 0.319. The zero-order valence-corrected chi connectivity index (χ0v) is 22.7. The lowest BCUT2D eigenvalue weighted by atomic mass is 10.0.